The number of carbonyl (C=O) groups excluding carboxylic acids is 1. The second-order valence-corrected chi connectivity index (χ2v) is 5.59. The Morgan fingerprint density at radius 2 is 1.90 bits per heavy atom. The van der Waals surface area contributed by atoms with Crippen LogP contribution in [0.3, 0.4) is 0 Å². The van der Waals surface area contributed by atoms with Gasteiger partial charge in [-0.15, -0.1) is 0 Å². The number of carboxylic acid groups (broad SMARTS) is 1. The first-order valence-electron chi connectivity index (χ1n) is 6.17. The number of nitrogens with one attached hydrogen (secondary N) is 1. The number of nitrogens with zero attached hydrogens (tertiary/aromatic N) is 1. The molecule has 0 radical (unpaired) electrons. The molecule has 0 saturated carbocycles. The zero-order chi connectivity index (χ0) is 15.6. The molecule has 1 heterocycles. The fourth-order valence-corrected chi connectivity index (χ4v) is 1.50. The molecule has 0 spiro atoms. The molecular formula is C14H20N2O4. The first kappa shape index (κ1) is 15.9. The van der Waals surface area contributed by atoms with E-state index < -0.39 is 22.8 Å². The van der Waals surface area contributed by atoms with Crippen LogP contribution in [0.5, 0.6) is 5.75 Å². The summed E-state index contributed by atoms with van der Waals surface area (Å²) in [5.41, 5.74) is -1.75. The molecule has 6 nitrogen and oxygen atoms in total. The third-order valence-electron chi connectivity index (χ3n) is 3.77. The van der Waals surface area contributed by atoms with Crippen molar-refractivity contribution < 1.29 is 19.4 Å². The summed E-state index contributed by atoms with van der Waals surface area (Å²) in [6, 6.07) is 1.53. The monoisotopic (exact) mass is 280 g/mol. The van der Waals surface area contributed by atoms with E-state index in [-0.39, 0.29) is 0 Å². The van der Waals surface area contributed by atoms with Crippen LogP contribution in [0.4, 0.5) is 0 Å². The number of carboxylic acids is 1. The smallest absolute Gasteiger partial charge is 0.311 e. The minimum absolute atomic E-state index is 0.316. The number of aliphatic carboxylic acids is 1. The predicted octanol–water partition coefficient (Wildman–Crippen LogP) is 1.71. The van der Waals surface area contributed by atoms with Crippen molar-refractivity contribution in [3.05, 3.63) is 24.0 Å². The standard InChI is InChI=1S/C14H20N2O4/c1-13(2,12(18)19)14(3,4)16-11(17)9-6-7-15-8-10(9)20-5/h6-8H,1-5H3,(H,16,17)(H,18,19). The van der Waals surface area contributed by atoms with E-state index in [9.17, 15) is 14.7 Å². The van der Waals surface area contributed by atoms with Crippen LogP contribution < -0.4 is 10.1 Å². The van der Waals surface area contributed by atoms with E-state index in [4.69, 9.17) is 4.74 Å². The van der Waals surface area contributed by atoms with Gasteiger partial charge in [-0.25, -0.2) is 0 Å². The SMILES string of the molecule is COc1cnccc1C(=O)NC(C)(C)C(C)(C)C(=O)O. The van der Waals surface area contributed by atoms with Gasteiger partial charge < -0.3 is 15.2 Å². The first-order valence-corrected chi connectivity index (χ1v) is 6.17. The maximum Gasteiger partial charge on any atom is 0.311 e. The topological polar surface area (TPSA) is 88.5 Å². The highest BCUT2D eigenvalue weighted by Crippen LogP contribution is 2.31. The van der Waals surface area contributed by atoms with Crippen molar-refractivity contribution in [2.75, 3.05) is 7.11 Å². The molecule has 0 saturated heterocycles. The van der Waals surface area contributed by atoms with Gasteiger partial charge in [0.25, 0.3) is 5.91 Å². The molecule has 0 atom stereocenters. The molecule has 6 heteroatoms. The Morgan fingerprint density at radius 3 is 2.40 bits per heavy atom. The molecule has 1 aromatic rings. The van der Waals surface area contributed by atoms with Crippen molar-refractivity contribution >= 4 is 11.9 Å². The Kier molecular flexibility index (Phi) is 4.37. The third kappa shape index (κ3) is 2.89. The molecule has 1 rings (SSSR count). The average molecular weight is 280 g/mol. The van der Waals surface area contributed by atoms with Gasteiger partial charge in [0.1, 0.15) is 5.75 Å². The highest BCUT2D eigenvalue weighted by Gasteiger charge is 2.44. The van der Waals surface area contributed by atoms with E-state index in [1.54, 1.807) is 27.7 Å². The molecule has 0 fully saturated rings. The van der Waals surface area contributed by atoms with Gasteiger partial charge in [-0.05, 0) is 33.8 Å². The number of methoxy groups -OCH3 is 1. The van der Waals surface area contributed by atoms with Crippen LogP contribution in [-0.4, -0.2) is 34.6 Å². The number of amides is 1. The predicted molar refractivity (Wildman–Crippen MR) is 73.8 cm³/mol. The maximum absolute atomic E-state index is 12.3. The number of hydrogen-bond donors (Lipinski definition) is 2. The van der Waals surface area contributed by atoms with Crippen LogP contribution in [0.1, 0.15) is 38.1 Å². The molecule has 0 aliphatic carbocycles. The summed E-state index contributed by atoms with van der Waals surface area (Å²) in [5.74, 6) is -1.04. The minimum Gasteiger partial charge on any atom is -0.494 e. The molecule has 1 aromatic heterocycles. The van der Waals surface area contributed by atoms with Gasteiger partial charge in [0.2, 0.25) is 0 Å². The quantitative estimate of drug-likeness (QED) is 0.857. The van der Waals surface area contributed by atoms with Gasteiger partial charge in [0.05, 0.1) is 29.8 Å². The molecule has 0 aromatic carbocycles. The largest absolute Gasteiger partial charge is 0.494 e. The summed E-state index contributed by atoms with van der Waals surface area (Å²) >= 11 is 0. The average Bonchev–Trinajstić information content (AvgIpc) is 2.37. The lowest BCUT2D eigenvalue weighted by Gasteiger charge is -2.38. The summed E-state index contributed by atoms with van der Waals surface area (Å²) in [6.07, 6.45) is 2.91. The molecule has 2 N–H and O–H groups in total. The zero-order valence-corrected chi connectivity index (χ0v) is 12.4. The van der Waals surface area contributed by atoms with Crippen molar-refractivity contribution in [3.8, 4) is 5.75 Å². The molecule has 0 unspecified atom stereocenters. The summed E-state index contributed by atoms with van der Waals surface area (Å²) < 4.78 is 5.07. The third-order valence-corrected chi connectivity index (χ3v) is 3.77. The second-order valence-electron chi connectivity index (χ2n) is 5.59. The molecular weight excluding hydrogens is 260 g/mol. The van der Waals surface area contributed by atoms with E-state index in [0.29, 0.717) is 11.3 Å². The summed E-state index contributed by atoms with van der Waals surface area (Å²) in [7, 11) is 1.44. The van der Waals surface area contributed by atoms with Crippen LogP contribution >= 0.6 is 0 Å². The summed E-state index contributed by atoms with van der Waals surface area (Å²) in [5, 5.41) is 12.0. The van der Waals surface area contributed by atoms with E-state index in [2.05, 4.69) is 10.3 Å². The van der Waals surface area contributed by atoms with Gasteiger partial charge in [-0.3, -0.25) is 14.6 Å². The molecule has 0 aliphatic rings. The summed E-state index contributed by atoms with van der Waals surface area (Å²) in [4.78, 5) is 27.5. The van der Waals surface area contributed by atoms with Crippen molar-refractivity contribution in [1.29, 1.82) is 0 Å². The van der Waals surface area contributed by atoms with Crippen LogP contribution in [0.2, 0.25) is 0 Å². The van der Waals surface area contributed by atoms with Gasteiger partial charge in [-0.1, -0.05) is 0 Å². The van der Waals surface area contributed by atoms with Gasteiger partial charge in [0, 0.05) is 6.20 Å². The Hall–Kier alpha value is -2.11. The van der Waals surface area contributed by atoms with E-state index in [1.807, 2.05) is 0 Å². The second kappa shape index (κ2) is 5.48. The maximum atomic E-state index is 12.3. The molecule has 1 amide bonds. The Labute approximate surface area is 118 Å². The number of pyridine rings is 1. The first-order chi connectivity index (χ1) is 9.13. The zero-order valence-electron chi connectivity index (χ0n) is 12.4. The normalized spacial score (nSPS) is 11.8. The number of carbonyl (C=O) groups is 2. The Morgan fingerprint density at radius 1 is 1.30 bits per heavy atom. The van der Waals surface area contributed by atoms with Crippen molar-refractivity contribution in [2.24, 2.45) is 5.41 Å². The van der Waals surface area contributed by atoms with Crippen LogP contribution in [-0.2, 0) is 4.79 Å². The van der Waals surface area contributed by atoms with Gasteiger partial charge >= 0.3 is 5.97 Å². The van der Waals surface area contributed by atoms with Crippen molar-refractivity contribution in [2.45, 2.75) is 33.2 Å². The highest BCUT2D eigenvalue weighted by atomic mass is 16.5. The van der Waals surface area contributed by atoms with Crippen LogP contribution in [0.25, 0.3) is 0 Å². The number of ether oxygens (including phenoxy) is 1. The van der Waals surface area contributed by atoms with E-state index in [0.717, 1.165) is 0 Å². The lowest BCUT2D eigenvalue weighted by Crippen LogP contribution is -2.57. The Bertz CT molecular complexity index is 524. The molecule has 0 aliphatic heterocycles. The number of rotatable bonds is 5. The number of hydrogen-bond acceptors (Lipinski definition) is 4. The van der Waals surface area contributed by atoms with Crippen LogP contribution in [0, 0.1) is 5.41 Å². The lowest BCUT2D eigenvalue weighted by molar-refractivity contribution is -0.150. The minimum atomic E-state index is -1.12. The van der Waals surface area contributed by atoms with Gasteiger partial charge in [-0.2, -0.15) is 0 Å². The summed E-state index contributed by atoms with van der Waals surface area (Å²) in [6.45, 7) is 6.48. The molecule has 20 heavy (non-hydrogen) atoms. The molecule has 0 bridgehead atoms. The fraction of sp³-hybridized carbons (Fsp3) is 0.500. The van der Waals surface area contributed by atoms with Crippen LogP contribution in [0.15, 0.2) is 18.5 Å². The highest BCUT2D eigenvalue weighted by molar-refractivity contribution is 5.97. The molecule has 110 valence electrons. The van der Waals surface area contributed by atoms with Crippen molar-refractivity contribution in [1.82, 2.24) is 10.3 Å². The lowest BCUT2D eigenvalue weighted by atomic mass is 9.74. The van der Waals surface area contributed by atoms with Crippen molar-refractivity contribution in [3.63, 3.8) is 0 Å². The Balaban J connectivity index is 3.04. The number of aromatic nitrogens is 1. The van der Waals surface area contributed by atoms with Gasteiger partial charge in [0.15, 0.2) is 0 Å². The fourth-order valence-electron chi connectivity index (χ4n) is 1.50. The van der Waals surface area contributed by atoms with E-state index >= 15 is 0 Å². The van der Waals surface area contributed by atoms with E-state index in [1.165, 1.54) is 25.6 Å².